The molecule has 3 aliphatic rings. The van der Waals surface area contributed by atoms with Gasteiger partial charge in [-0.05, 0) is 51.0 Å². The third-order valence-corrected chi connectivity index (χ3v) is 5.42. The minimum Gasteiger partial charge on any atom is -0.370 e. The van der Waals surface area contributed by atoms with Crippen molar-refractivity contribution in [1.29, 1.82) is 0 Å². The molecule has 0 bridgehead atoms. The van der Waals surface area contributed by atoms with Gasteiger partial charge in [0.15, 0.2) is 0 Å². The summed E-state index contributed by atoms with van der Waals surface area (Å²) in [5.41, 5.74) is 0.305. The van der Waals surface area contributed by atoms with Crippen LogP contribution in [-0.2, 0) is 4.74 Å². The van der Waals surface area contributed by atoms with Crippen LogP contribution >= 0.6 is 11.6 Å². The zero-order chi connectivity index (χ0) is 12.4. The molecule has 2 saturated heterocycles. The lowest BCUT2D eigenvalue weighted by molar-refractivity contribution is -0.0455. The molecule has 0 radical (unpaired) electrons. The van der Waals surface area contributed by atoms with Crippen LogP contribution in [0.2, 0.25) is 0 Å². The van der Waals surface area contributed by atoms with Crippen molar-refractivity contribution in [1.82, 2.24) is 4.90 Å². The first-order chi connectivity index (χ1) is 8.80. The number of rotatable bonds is 4. The predicted octanol–water partition coefficient (Wildman–Crippen LogP) is 3.43. The Morgan fingerprint density at radius 1 is 1.17 bits per heavy atom. The standard InChI is InChI=1S/C15H26ClNO/c16-9-4-13-5-10-17(11-13)12-14-3-8-15(18-14)6-1-2-7-15/h13-14H,1-12H2. The Bertz CT molecular complexity index is 278. The summed E-state index contributed by atoms with van der Waals surface area (Å²) in [6, 6.07) is 0. The van der Waals surface area contributed by atoms with Crippen molar-refractivity contribution < 1.29 is 4.74 Å². The highest BCUT2D eigenvalue weighted by Crippen LogP contribution is 2.43. The highest BCUT2D eigenvalue weighted by atomic mass is 35.5. The molecule has 1 saturated carbocycles. The number of hydrogen-bond donors (Lipinski definition) is 0. The second kappa shape index (κ2) is 5.68. The summed E-state index contributed by atoms with van der Waals surface area (Å²) in [6.07, 6.45) is 11.0. The smallest absolute Gasteiger partial charge is 0.0710 e. The molecule has 2 atom stereocenters. The Balaban J connectivity index is 1.44. The second-order valence-electron chi connectivity index (χ2n) is 6.56. The van der Waals surface area contributed by atoms with E-state index in [1.807, 2.05) is 0 Å². The lowest BCUT2D eigenvalue weighted by atomic mass is 9.98. The third kappa shape index (κ3) is 2.86. The van der Waals surface area contributed by atoms with Crippen molar-refractivity contribution >= 4 is 11.6 Å². The molecule has 1 aliphatic carbocycles. The molecule has 3 rings (SSSR count). The number of alkyl halides is 1. The lowest BCUT2D eigenvalue weighted by Gasteiger charge is -2.26. The van der Waals surface area contributed by atoms with E-state index in [0.29, 0.717) is 11.7 Å². The first-order valence-electron chi connectivity index (χ1n) is 7.76. The summed E-state index contributed by atoms with van der Waals surface area (Å²) in [6.45, 7) is 3.68. The van der Waals surface area contributed by atoms with Crippen molar-refractivity contribution in [3.05, 3.63) is 0 Å². The van der Waals surface area contributed by atoms with Gasteiger partial charge in [0.05, 0.1) is 11.7 Å². The molecule has 2 nitrogen and oxygen atoms in total. The average Bonchev–Trinajstić information content (AvgIpc) is 3.06. The lowest BCUT2D eigenvalue weighted by Crippen LogP contribution is -2.33. The van der Waals surface area contributed by atoms with Gasteiger partial charge in [-0.1, -0.05) is 12.8 Å². The fraction of sp³-hybridized carbons (Fsp3) is 1.00. The van der Waals surface area contributed by atoms with Crippen LogP contribution in [0.1, 0.15) is 51.4 Å². The van der Waals surface area contributed by atoms with Gasteiger partial charge in [-0.3, -0.25) is 0 Å². The molecule has 2 unspecified atom stereocenters. The van der Waals surface area contributed by atoms with Crippen molar-refractivity contribution in [3.63, 3.8) is 0 Å². The summed E-state index contributed by atoms with van der Waals surface area (Å²) >= 11 is 5.84. The van der Waals surface area contributed by atoms with Crippen LogP contribution in [0.3, 0.4) is 0 Å². The molecular formula is C15H26ClNO. The average molecular weight is 272 g/mol. The Labute approximate surface area is 116 Å². The molecule has 104 valence electrons. The third-order valence-electron chi connectivity index (χ3n) is 5.20. The molecule has 3 heteroatoms. The maximum absolute atomic E-state index is 6.40. The van der Waals surface area contributed by atoms with Gasteiger partial charge in [0, 0.05) is 19.0 Å². The molecule has 1 spiro atoms. The number of nitrogens with zero attached hydrogens (tertiary/aromatic N) is 1. The van der Waals surface area contributed by atoms with E-state index >= 15 is 0 Å². The van der Waals surface area contributed by atoms with E-state index in [-0.39, 0.29) is 0 Å². The van der Waals surface area contributed by atoms with Crippen molar-refractivity contribution in [2.24, 2.45) is 5.92 Å². The molecule has 0 aromatic rings. The fourth-order valence-corrected chi connectivity index (χ4v) is 4.48. The summed E-state index contributed by atoms with van der Waals surface area (Å²) in [5.74, 6) is 1.66. The minimum absolute atomic E-state index is 0.305. The van der Waals surface area contributed by atoms with Gasteiger partial charge >= 0.3 is 0 Å². The number of hydrogen-bond acceptors (Lipinski definition) is 2. The van der Waals surface area contributed by atoms with Gasteiger partial charge in [-0.25, -0.2) is 0 Å². The Morgan fingerprint density at radius 3 is 2.78 bits per heavy atom. The van der Waals surface area contributed by atoms with E-state index < -0.39 is 0 Å². The maximum Gasteiger partial charge on any atom is 0.0710 e. The Hall–Kier alpha value is 0.210. The molecule has 3 fully saturated rings. The van der Waals surface area contributed by atoms with Gasteiger partial charge in [0.2, 0.25) is 0 Å². The van der Waals surface area contributed by atoms with Crippen molar-refractivity contribution in [2.45, 2.75) is 63.1 Å². The fourth-order valence-electron chi connectivity index (χ4n) is 4.17. The van der Waals surface area contributed by atoms with Crippen LogP contribution in [-0.4, -0.2) is 42.1 Å². The minimum atomic E-state index is 0.305. The van der Waals surface area contributed by atoms with Crippen molar-refractivity contribution in [2.75, 3.05) is 25.5 Å². The molecule has 0 amide bonds. The quantitative estimate of drug-likeness (QED) is 0.727. The van der Waals surface area contributed by atoms with Crippen LogP contribution in [0.25, 0.3) is 0 Å². The normalized spacial score (nSPS) is 35.8. The van der Waals surface area contributed by atoms with Gasteiger partial charge < -0.3 is 9.64 Å². The Kier molecular flexibility index (Phi) is 4.17. The van der Waals surface area contributed by atoms with Crippen LogP contribution in [0.5, 0.6) is 0 Å². The SMILES string of the molecule is ClCCC1CCN(CC2CCC3(CCCC3)O2)C1. The second-order valence-corrected chi connectivity index (χ2v) is 6.94. The molecular weight excluding hydrogens is 246 g/mol. The number of likely N-dealkylation sites (tertiary alicyclic amines) is 1. The summed E-state index contributed by atoms with van der Waals surface area (Å²) in [5, 5.41) is 0. The number of ether oxygens (including phenoxy) is 1. The van der Waals surface area contributed by atoms with Gasteiger partial charge in [0.1, 0.15) is 0 Å². The van der Waals surface area contributed by atoms with E-state index in [1.165, 1.54) is 71.0 Å². The first kappa shape index (κ1) is 13.2. The van der Waals surface area contributed by atoms with Gasteiger partial charge in [0.25, 0.3) is 0 Å². The van der Waals surface area contributed by atoms with Gasteiger partial charge in [-0.15, -0.1) is 11.6 Å². The van der Waals surface area contributed by atoms with E-state index in [2.05, 4.69) is 4.90 Å². The zero-order valence-corrected chi connectivity index (χ0v) is 12.1. The number of halogens is 1. The topological polar surface area (TPSA) is 12.5 Å². The molecule has 18 heavy (non-hydrogen) atoms. The van der Waals surface area contributed by atoms with E-state index in [4.69, 9.17) is 16.3 Å². The monoisotopic (exact) mass is 271 g/mol. The maximum atomic E-state index is 6.40. The van der Waals surface area contributed by atoms with Crippen LogP contribution < -0.4 is 0 Å². The molecule has 0 N–H and O–H groups in total. The van der Waals surface area contributed by atoms with E-state index in [0.717, 1.165) is 11.8 Å². The molecule has 0 aromatic carbocycles. The van der Waals surface area contributed by atoms with Crippen LogP contribution in [0.15, 0.2) is 0 Å². The zero-order valence-electron chi connectivity index (χ0n) is 11.4. The Morgan fingerprint density at radius 2 is 2.00 bits per heavy atom. The van der Waals surface area contributed by atoms with E-state index in [1.54, 1.807) is 0 Å². The largest absolute Gasteiger partial charge is 0.370 e. The van der Waals surface area contributed by atoms with Gasteiger partial charge in [-0.2, -0.15) is 0 Å². The van der Waals surface area contributed by atoms with Crippen LogP contribution in [0, 0.1) is 5.92 Å². The molecule has 0 aromatic heterocycles. The highest BCUT2D eigenvalue weighted by molar-refractivity contribution is 6.17. The highest BCUT2D eigenvalue weighted by Gasteiger charge is 2.42. The molecule has 2 heterocycles. The van der Waals surface area contributed by atoms with Crippen LogP contribution in [0.4, 0.5) is 0 Å². The summed E-state index contributed by atoms with van der Waals surface area (Å²) in [4.78, 5) is 2.61. The summed E-state index contributed by atoms with van der Waals surface area (Å²) in [7, 11) is 0. The molecule has 2 aliphatic heterocycles. The van der Waals surface area contributed by atoms with E-state index in [9.17, 15) is 0 Å². The predicted molar refractivity (Wildman–Crippen MR) is 75.2 cm³/mol. The summed E-state index contributed by atoms with van der Waals surface area (Å²) < 4.78 is 6.40. The van der Waals surface area contributed by atoms with Crippen molar-refractivity contribution in [3.8, 4) is 0 Å². The first-order valence-corrected chi connectivity index (χ1v) is 8.29.